The molecule has 0 unspecified atom stereocenters. The molecule has 2 nitrogen and oxygen atoms in total. The molecule has 0 saturated carbocycles. The number of methoxy groups -OCH3 is 1. The van der Waals surface area contributed by atoms with Gasteiger partial charge in [-0.1, -0.05) is 25.4 Å². The second-order valence-corrected chi connectivity index (χ2v) is 3.91. The molecule has 1 N–H and O–H groups in total. The first-order valence-electron chi connectivity index (χ1n) is 5.31. The Balaban J connectivity index is 2.82. The molecule has 0 spiro atoms. The SMILES string of the molecule is CCC(CC)Nc1cc(OC)ccc1Cl. The molecule has 3 heteroatoms. The number of hydrogen-bond donors (Lipinski definition) is 1. The third-order valence-corrected chi connectivity index (χ3v) is 2.85. The highest BCUT2D eigenvalue weighted by atomic mass is 35.5. The van der Waals surface area contributed by atoms with E-state index in [2.05, 4.69) is 19.2 Å². The third-order valence-electron chi connectivity index (χ3n) is 2.52. The zero-order valence-electron chi connectivity index (χ0n) is 9.51. The summed E-state index contributed by atoms with van der Waals surface area (Å²) in [5.41, 5.74) is 0.949. The summed E-state index contributed by atoms with van der Waals surface area (Å²) in [5, 5.41) is 4.15. The van der Waals surface area contributed by atoms with Gasteiger partial charge in [-0.25, -0.2) is 0 Å². The number of hydrogen-bond acceptors (Lipinski definition) is 2. The van der Waals surface area contributed by atoms with Crippen molar-refractivity contribution in [1.29, 1.82) is 0 Å². The Bertz CT molecular complexity index is 310. The maximum absolute atomic E-state index is 6.09. The molecule has 1 rings (SSSR count). The maximum Gasteiger partial charge on any atom is 0.121 e. The Labute approximate surface area is 96.6 Å². The molecule has 1 aromatic rings. The van der Waals surface area contributed by atoms with Crippen LogP contribution in [-0.4, -0.2) is 13.2 Å². The quantitative estimate of drug-likeness (QED) is 0.823. The van der Waals surface area contributed by atoms with E-state index in [0.717, 1.165) is 29.3 Å². The van der Waals surface area contributed by atoms with Crippen molar-refractivity contribution in [2.75, 3.05) is 12.4 Å². The topological polar surface area (TPSA) is 21.3 Å². The zero-order valence-corrected chi connectivity index (χ0v) is 10.3. The average Bonchev–Trinajstić information content (AvgIpc) is 2.28. The number of nitrogens with one attached hydrogen (secondary N) is 1. The molecule has 0 saturated heterocycles. The first-order chi connectivity index (χ1) is 7.21. The standard InChI is InChI=1S/C12H18ClNO/c1-4-9(5-2)14-12-8-10(15-3)6-7-11(12)13/h6-9,14H,4-5H2,1-3H3. The fraction of sp³-hybridized carbons (Fsp3) is 0.500. The lowest BCUT2D eigenvalue weighted by molar-refractivity contribution is 0.415. The molecule has 0 bridgehead atoms. The van der Waals surface area contributed by atoms with Gasteiger partial charge in [-0.3, -0.25) is 0 Å². The van der Waals surface area contributed by atoms with Gasteiger partial charge >= 0.3 is 0 Å². The lowest BCUT2D eigenvalue weighted by atomic mass is 10.1. The number of rotatable bonds is 5. The molecule has 0 atom stereocenters. The van der Waals surface area contributed by atoms with Crippen molar-refractivity contribution in [3.05, 3.63) is 23.2 Å². The van der Waals surface area contributed by atoms with Gasteiger partial charge in [0.25, 0.3) is 0 Å². The number of benzene rings is 1. The van der Waals surface area contributed by atoms with Crippen LogP contribution in [0, 0.1) is 0 Å². The molecule has 0 aliphatic heterocycles. The molecule has 0 aliphatic rings. The van der Waals surface area contributed by atoms with Crippen molar-refractivity contribution >= 4 is 17.3 Å². The molecule has 0 aromatic heterocycles. The summed E-state index contributed by atoms with van der Waals surface area (Å²) in [7, 11) is 1.66. The fourth-order valence-corrected chi connectivity index (χ4v) is 1.63. The van der Waals surface area contributed by atoms with Crippen LogP contribution in [0.1, 0.15) is 26.7 Å². The Morgan fingerprint density at radius 1 is 1.33 bits per heavy atom. The van der Waals surface area contributed by atoms with E-state index >= 15 is 0 Å². The van der Waals surface area contributed by atoms with Gasteiger partial charge in [0.1, 0.15) is 5.75 Å². The van der Waals surface area contributed by atoms with Crippen LogP contribution in [0.25, 0.3) is 0 Å². The lowest BCUT2D eigenvalue weighted by Crippen LogP contribution is -2.17. The molecular formula is C12H18ClNO. The highest BCUT2D eigenvalue weighted by Crippen LogP contribution is 2.27. The summed E-state index contributed by atoms with van der Waals surface area (Å²) in [5.74, 6) is 0.827. The van der Waals surface area contributed by atoms with E-state index in [-0.39, 0.29) is 0 Å². The van der Waals surface area contributed by atoms with E-state index in [1.807, 2.05) is 18.2 Å². The molecule has 0 heterocycles. The monoisotopic (exact) mass is 227 g/mol. The summed E-state index contributed by atoms with van der Waals surface area (Å²) in [4.78, 5) is 0. The summed E-state index contributed by atoms with van der Waals surface area (Å²) in [6.45, 7) is 4.32. The van der Waals surface area contributed by atoms with Gasteiger partial charge in [0.2, 0.25) is 0 Å². The number of anilines is 1. The Morgan fingerprint density at radius 3 is 2.53 bits per heavy atom. The normalized spacial score (nSPS) is 10.5. The highest BCUT2D eigenvalue weighted by molar-refractivity contribution is 6.33. The predicted octanol–water partition coefficient (Wildman–Crippen LogP) is 3.95. The van der Waals surface area contributed by atoms with E-state index in [0.29, 0.717) is 6.04 Å². The molecule has 0 amide bonds. The third kappa shape index (κ3) is 3.31. The molecule has 84 valence electrons. The van der Waals surface area contributed by atoms with E-state index in [1.165, 1.54) is 0 Å². The second kappa shape index (κ2) is 5.86. The van der Waals surface area contributed by atoms with Gasteiger partial charge in [0.05, 0.1) is 17.8 Å². The van der Waals surface area contributed by atoms with E-state index in [4.69, 9.17) is 16.3 Å². The summed E-state index contributed by atoms with van der Waals surface area (Å²) >= 11 is 6.09. The molecule has 0 radical (unpaired) electrons. The van der Waals surface area contributed by atoms with Crippen LogP contribution in [-0.2, 0) is 0 Å². The Kier molecular flexibility index (Phi) is 4.76. The molecular weight excluding hydrogens is 210 g/mol. The van der Waals surface area contributed by atoms with E-state index < -0.39 is 0 Å². The first-order valence-corrected chi connectivity index (χ1v) is 5.69. The van der Waals surface area contributed by atoms with Gasteiger partial charge in [0, 0.05) is 12.1 Å². The van der Waals surface area contributed by atoms with Crippen LogP contribution in [0.5, 0.6) is 5.75 Å². The second-order valence-electron chi connectivity index (χ2n) is 3.50. The van der Waals surface area contributed by atoms with Crippen molar-refractivity contribution in [3.63, 3.8) is 0 Å². The highest BCUT2D eigenvalue weighted by Gasteiger charge is 2.07. The Hall–Kier alpha value is -0.890. The van der Waals surface area contributed by atoms with Crippen LogP contribution >= 0.6 is 11.6 Å². The van der Waals surface area contributed by atoms with Crippen molar-refractivity contribution in [3.8, 4) is 5.75 Å². The first kappa shape index (κ1) is 12.2. The zero-order chi connectivity index (χ0) is 11.3. The van der Waals surface area contributed by atoms with Crippen molar-refractivity contribution in [2.45, 2.75) is 32.7 Å². The molecule has 1 aromatic carbocycles. The van der Waals surface area contributed by atoms with Gasteiger partial charge in [-0.2, -0.15) is 0 Å². The number of halogens is 1. The fourth-order valence-electron chi connectivity index (χ4n) is 1.45. The van der Waals surface area contributed by atoms with E-state index in [1.54, 1.807) is 7.11 Å². The van der Waals surface area contributed by atoms with Crippen LogP contribution in [0.4, 0.5) is 5.69 Å². The van der Waals surface area contributed by atoms with Crippen molar-refractivity contribution in [2.24, 2.45) is 0 Å². The van der Waals surface area contributed by atoms with Crippen LogP contribution in [0.15, 0.2) is 18.2 Å². The summed E-state index contributed by atoms with van der Waals surface area (Å²) in [6.07, 6.45) is 2.17. The Morgan fingerprint density at radius 2 is 2.00 bits per heavy atom. The van der Waals surface area contributed by atoms with Crippen molar-refractivity contribution in [1.82, 2.24) is 0 Å². The number of ether oxygens (including phenoxy) is 1. The summed E-state index contributed by atoms with van der Waals surface area (Å²) < 4.78 is 5.16. The molecule has 0 aliphatic carbocycles. The summed E-state index contributed by atoms with van der Waals surface area (Å²) in [6, 6.07) is 6.11. The molecule has 0 fully saturated rings. The van der Waals surface area contributed by atoms with Gasteiger partial charge < -0.3 is 10.1 Å². The minimum atomic E-state index is 0.467. The van der Waals surface area contributed by atoms with Crippen LogP contribution in [0.2, 0.25) is 5.02 Å². The predicted molar refractivity (Wildman–Crippen MR) is 66.0 cm³/mol. The van der Waals surface area contributed by atoms with Gasteiger partial charge in [-0.15, -0.1) is 0 Å². The molecule has 15 heavy (non-hydrogen) atoms. The maximum atomic E-state index is 6.09. The largest absolute Gasteiger partial charge is 0.497 e. The van der Waals surface area contributed by atoms with E-state index in [9.17, 15) is 0 Å². The van der Waals surface area contributed by atoms with Gasteiger partial charge in [0.15, 0.2) is 0 Å². The smallest absolute Gasteiger partial charge is 0.121 e. The average molecular weight is 228 g/mol. The lowest BCUT2D eigenvalue weighted by Gasteiger charge is -2.17. The minimum absolute atomic E-state index is 0.467. The van der Waals surface area contributed by atoms with Crippen molar-refractivity contribution < 1.29 is 4.74 Å². The van der Waals surface area contributed by atoms with Crippen LogP contribution < -0.4 is 10.1 Å². The van der Waals surface area contributed by atoms with Gasteiger partial charge in [-0.05, 0) is 25.0 Å². The minimum Gasteiger partial charge on any atom is -0.497 e. The van der Waals surface area contributed by atoms with Crippen LogP contribution in [0.3, 0.4) is 0 Å².